The van der Waals surface area contributed by atoms with E-state index in [9.17, 15) is 4.79 Å². The van der Waals surface area contributed by atoms with Gasteiger partial charge in [0.1, 0.15) is 0 Å². The number of anilines is 1. The van der Waals surface area contributed by atoms with Crippen LogP contribution in [-0.4, -0.2) is 12.8 Å². The molecule has 1 aromatic rings. The zero-order chi connectivity index (χ0) is 9.14. The molecule has 0 unspecified atom stereocenters. The summed E-state index contributed by atoms with van der Waals surface area (Å²) in [6.07, 6.45) is 0. The van der Waals surface area contributed by atoms with Crippen LogP contribution in [0.1, 0.15) is 17.3 Å². The maximum atomic E-state index is 11.0. The zero-order valence-corrected chi connectivity index (χ0v) is 8.60. The Kier molecular flexibility index (Phi) is 2.87. The third-order valence-electron chi connectivity index (χ3n) is 1.64. The van der Waals surface area contributed by atoms with Gasteiger partial charge in [-0.3, -0.25) is 4.79 Å². The molecule has 0 saturated carbocycles. The van der Waals surface area contributed by atoms with Gasteiger partial charge in [-0.25, -0.2) is 0 Å². The Bertz CT molecular complexity index is 309. The fourth-order valence-corrected chi connectivity index (χ4v) is 1.51. The van der Waals surface area contributed by atoms with E-state index >= 15 is 0 Å². The second-order valence-electron chi connectivity index (χ2n) is 2.50. The Morgan fingerprint density at radius 2 is 2.17 bits per heavy atom. The molecule has 0 spiro atoms. The van der Waals surface area contributed by atoms with E-state index in [0.717, 1.165) is 15.7 Å². The number of nitrogens with one attached hydrogen (secondary N) is 1. The summed E-state index contributed by atoms with van der Waals surface area (Å²) >= 11 is 3.36. The van der Waals surface area contributed by atoms with Gasteiger partial charge in [0.2, 0.25) is 0 Å². The van der Waals surface area contributed by atoms with Crippen LogP contribution in [0.5, 0.6) is 0 Å². The van der Waals surface area contributed by atoms with Crippen molar-refractivity contribution in [3.63, 3.8) is 0 Å². The smallest absolute Gasteiger partial charge is 0.159 e. The first-order valence-corrected chi connectivity index (χ1v) is 4.42. The molecule has 0 fully saturated rings. The van der Waals surface area contributed by atoms with Gasteiger partial charge in [0.25, 0.3) is 0 Å². The molecule has 0 heterocycles. The van der Waals surface area contributed by atoms with Crippen molar-refractivity contribution in [3.8, 4) is 0 Å². The van der Waals surface area contributed by atoms with Crippen LogP contribution in [-0.2, 0) is 0 Å². The summed E-state index contributed by atoms with van der Waals surface area (Å²) in [7, 11) is 1.84. The summed E-state index contributed by atoms with van der Waals surface area (Å²) in [6, 6.07) is 5.49. The summed E-state index contributed by atoms with van der Waals surface area (Å²) in [5.41, 5.74) is 1.71. The molecular formula is C9H10BrNO. The molecule has 2 nitrogen and oxygen atoms in total. The number of hydrogen-bond donors (Lipinski definition) is 1. The van der Waals surface area contributed by atoms with Gasteiger partial charge in [0.15, 0.2) is 5.78 Å². The van der Waals surface area contributed by atoms with Gasteiger partial charge >= 0.3 is 0 Å². The van der Waals surface area contributed by atoms with Gasteiger partial charge in [0, 0.05) is 22.8 Å². The Hall–Kier alpha value is -0.830. The molecule has 0 bridgehead atoms. The summed E-state index contributed by atoms with van der Waals surface area (Å²) in [5.74, 6) is 0.0818. The Balaban J connectivity index is 3.10. The van der Waals surface area contributed by atoms with Gasteiger partial charge in [-0.2, -0.15) is 0 Å². The predicted octanol–water partition coefficient (Wildman–Crippen LogP) is 2.69. The standard InChI is InChI=1S/C9H10BrNO/c1-6(12)7-3-4-9(11-2)8(10)5-7/h3-5,11H,1-2H3. The van der Waals surface area contributed by atoms with E-state index in [1.165, 1.54) is 0 Å². The number of benzene rings is 1. The number of rotatable bonds is 2. The van der Waals surface area contributed by atoms with Gasteiger partial charge in [-0.05, 0) is 41.1 Å². The average molecular weight is 228 g/mol. The molecule has 0 aromatic heterocycles. The molecular weight excluding hydrogens is 218 g/mol. The minimum absolute atomic E-state index is 0.0818. The van der Waals surface area contributed by atoms with Gasteiger partial charge < -0.3 is 5.32 Å². The summed E-state index contributed by atoms with van der Waals surface area (Å²) < 4.78 is 0.915. The quantitative estimate of drug-likeness (QED) is 0.788. The molecule has 1 rings (SSSR count). The number of carbonyl (C=O) groups excluding carboxylic acids is 1. The predicted molar refractivity (Wildman–Crippen MR) is 53.7 cm³/mol. The normalized spacial score (nSPS) is 9.58. The van der Waals surface area contributed by atoms with Crippen LogP contribution in [0, 0.1) is 0 Å². The Morgan fingerprint density at radius 3 is 2.58 bits per heavy atom. The maximum Gasteiger partial charge on any atom is 0.159 e. The highest BCUT2D eigenvalue weighted by atomic mass is 79.9. The van der Waals surface area contributed by atoms with Crippen molar-refractivity contribution in [1.82, 2.24) is 0 Å². The van der Waals surface area contributed by atoms with Gasteiger partial charge in [-0.1, -0.05) is 0 Å². The molecule has 0 aliphatic heterocycles. The van der Waals surface area contributed by atoms with E-state index in [0.29, 0.717) is 0 Å². The van der Waals surface area contributed by atoms with Crippen LogP contribution in [0.15, 0.2) is 22.7 Å². The molecule has 1 N–H and O–H groups in total. The number of hydrogen-bond acceptors (Lipinski definition) is 2. The molecule has 0 aliphatic carbocycles. The molecule has 1 aromatic carbocycles. The van der Waals surface area contributed by atoms with Crippen molar-refractivity contribution in [2.45, 2.75) is 6.92 Å². The zero-order valence-electron chi connectivity index (χ0n) is 7.02. The van der Waals surface area contributed by atoms with Gasteiger partial charge in [-0.15, -0.1) is 0 Å². The lowest BCUT2D eigenvalue weighted by Crippen LogP contribution is -1.94. The largest absolute Gasteiger partial charge is 0.387 e. The summed E-state index contributed by atoms with van der Waals surface area (Å²) in [4.78, 5) is 11.0. The van der Waals surface area contributed by atoms with Crippen LogP contribution in [0.4, 0.5) is 5.69 Å². The number of halogens is 1. The molecule has 0 amide bonds. The average Bonchev–Trinajstić information content (AvgIpc) is 2.04. The van der Waals surface area contributed by atoms with Crippen molar-refractivity contribution in [3.05, 3.63) is 28.2 Å². The molecule has 3 heteroatoms. The SMILES string of the molecule is CNc1ccc(C(C)=O)cc1Br. The van der Waals surface area contributed by atoms with E-state index < -0.39 is 0 Å². The second-order valence-corrected chi connectivity index (χ2v) is 3.36. The topological polar surface area (TPSA) is 29.1 Å². The third-order valence-corrected chi connectivity index (χ3v) is 2.30. The van der Waals surface area contributed by atoms with Gasteiger partial charge in [0.05, 0.1) is 0 Å². The lowest BCUT2D eigenvalue weighted by molar-refractivity contribution is 0.101. The van der Waals surface area contributed by atoms with E-state index in [2.05, 4.69) is 21.2 Å². The van der Waals surface area contributed by atoms with Crippen molar-refractivity contribution < 1.29 is 4.79 Å². The Labute approximate surface area is 80.1 Å². The van der Waals surface area contributed by atoms with E-state index in [1.807, 2.05) is 19.2 Å². The first kappa shape index (κ1) is 9.26. The van der Waals surface area contributed by atoms with Crippen LogP contribution in [0.25, 0.3) is 0 Å². The molecule has 12 heavy (non-hydrogen) atoms. The first-order chi connectivity index (χ1) is 5.65. The highest BCUT2D eigenvalue weighted by Crippen LogP contribution is 2.22. The van der Waals surface area contributed by atoms with Crippen LogP contribution in [0.3, 0.4) is 0 Å². The molecule has 0 atom stereocenters. The fraction of sp³-hybridized carbons (Fsp3) is 0.222. The molecule has 0 aliphatic rings. The lowest BCUT2D eigenvalue weighted by atomic mass is 10.1. The Morgan fingerprint density at radius 1 is 1.50 bits per heavy atom. The monoisotopic (exact) mass is 227 g/mol. The molecule has 0 radical (unpaired) electrons. The summed E-state index contributed by atoms with van der Waals surface area (Å²) in [6.45, 7) is 1.56. The fourth-order valence-electron chi connectivity index (χ4n) is 0.937. The third kappa shape index (κ3) is 1.85. The first-order valence-electron chi connectivity index (χ1n) is 3.63. The lowest BCUT2D eigenvalue weighted by Gasteiger charge is -2.03. The maximum absolute atomic E-state index is 11.0. The minimum Gasteiger partial charge on any atom is -0.387 e. The van der Waals surface area contributed by atoms with Crippen LogP contribution >= 0.6 is 15.9 Å². The van der Waals surface area contributed by atoms with Crippen molar-refractivity contribution >= 4 is 27.4 Å². The summed E-state index contributed by atoms with van der Waals surface area (Å²) in [5, 5.41) is 3.00. The van der Waals surface area contributed by atoms with E-state index in [1.54, 1.807) is 13.0 Å². The number of ketones is 1. The number of Topliss-reactive ketones (excluding diaryl/α,β-unsaturated/α-hetero) is 1. The highest BCUT2D eigenvalue weighted by Gasteiger charge is 2.02. The van der Waals surface area contributed by atoms with Crippen molar-refractivity contribution in [2.24, 2.45) is 0 Å². The highest BCUT2D eigenvalue weighted by molar-refractivity contribution is 9.10. The van der Waals surface area contributed by atoms with Crippen LogP contribution in [0.2, 0.25) is 0 Å². The second kappa shape index (κ2) is 3.72. The molecule has 64 valence electrons. The van der Waals surface area contributed by atoms with Crippen molar-refractivity contribution in [1.29, 1.82) is 0 Å². The molecule has 0 saturated heterocycles. The van der Waals surface area contributed by atoms with E-state index in [-0.39, 0.29) is 5.78 Å². The van der Waals surface area contributed by atoms with Crippen molar-refractivity contribution in [2.75, 3.05) is 12.4 Å². The van der Waals surface area contributed by atoms with Crippen LogP contribution < -0.4 is 5.32 Å². The minimum atomic E-state index is 0.0818. The van der Waals surface area contributed by atoms with E-state index in [4.69, 9.17) is 0 Å². The number of carbonyl (C=O) groups is 1.